The Labute approximate surface area is 77.0 Å². The molecule has 72 valence electrons. The lowest BCUT2D eigenvalue weighted by molar-refractivity contribution is 0.0723. The van der Waals surface area contributed by atoms with E-state index in [0.29, 0.717) is 18.2 Å². The molecule has 1 aromatic rings. The van der Waals surface area contributed by atoms with Crippen molar-refractivity contribution in [1.29, 1.82) is 0 Å². The molecule has 1 saturated heterocycles. The van der Waals surface area contributed by atoms with Crippen LogP contribution in [0.4, 0.5) is 5.69 Å². The molecule has 0 amide bonds. The van der Waals surface area contributed by atoms with Crippen molar-refractivity contribution in [3.05, 3.63) is 11.5 Å². The summed E-state index contributed by atoms with van der Waals surface area (Å²) in [7, 11) is 0. The van der Waals surface area contributed by atoms with Crippen molar-refractivity contribution in [2.24, 2.45) is 0 Å². The van der Waals surface area contributed by atoms with Crippen molar-refractivity contribution in [2.45, 2.75) is 25.7 Å². The number of aromatic nitrogens is 1. The van der Waals surface area contributed by atoms with E-state index in [0.717, 1.165) is 30.9 Å². The number of hydrogen-bond donors (Lipinski definition) is 1. The SMILES string of the molecule is Cc1noc(C2CCCOC2)c1N. The predicted octanol–water partition coefficient (Wildman–Crippen LogP) is 1.46. The normalized spacial score (nSPS) is 23.3. The number of nitrogens with zero attached hydrogens (tertiary/aromatic N) is 1. The van der Waals surface area contributed by atoms with Crippen LogP contribution in [0.3, 0.4) is 0 Å². The highest BCUT2D eigenvalue weighted by molar-refractivity contribution is 5.46. The Morgan fingerprint density at radius 2 is 2.38 bits per heavy atom. The number of anilines is 1. The minimum atomic E-state index is 0.301. The zero-order valence-corrected chi connectivity index (χ0v) is 7.75. The lowest BCUT2D eigenvalue weighted by atomic mass is 9.98. The van der Waals surface area contributed by atoms with Crippen molar-refractivity contribution in [3.63, 3.8) is 0 Å². The molecule has 2 N–H and O–H groups in total. The molecule has 13 heavy (non-hydrogen) atoms. The first-order valence-corrected chi connectivity index (χ1v) is 4.58. The van der Waals surface area contributed by atoms with Gasteiger partial charge in [0.1, 0.15) is 5.69 Å². The summed E-state index contributed by atoms with van der Waals surface area (Å²) in [5.74, 6) is 1.10. The lowest BCUT2D eigenvalue weighted by Crippen LogP contribution is -2.15. The Morgan fingerprint density at radius 1 is 1.54 bits per heavy atom. The summed E-state index contributed by atoms with van der Waals surface area (Å²) < 4.78 is 10.5. The van der Waals surface area contributed by atoms with Crippen LogP contribution < -0.4 is 5.73 Å². The van der Waals surface area contributed by atoms with E-state index >= 15 is 0 Å². The fraction of sp³-hybridized carbons (Fsp3) is 0.667. The maximum Gasteiger partial charge on any atom is 0.165 e. The molecule has 0 aliphatic carbocycles. The monoisotopic (exact) mass is 182 g/mol. The topological polar surface area (TPSA) is 61.3 Å². The second-order valence-corrected chi connectivity index (χ2v) is 3.46. The average molecular weight is 182 g/mol. The fourth-order valence-electron chi connectivity index (χ4n) is 1.64. The molecule has 1 aliphatic heterocycles. The second-order valence-electron chi connectivity index (χ2n) is 3.46. The van der Waals surface area contributed by atoms with Crippen LogP contribution >= 0.6 is 0 Å². The van der Waals surface area contributed by atoms with Crippen LogP contribution in [0.1, 0.15) is 30.2 Å². The Kier molecular flexibility index (Phi) is 2.22. The first-order chi connectivity index (χ1) is 6.29. The highest BCUT2D eigenvalue weighted by Crippen LogP contribution is 2.30. The van der Waals surface area contributed by atoms with Crippen molar-refractivity contribution in [3.8, 4) is 0 Å². The molecule has 0 saturated carbocycles. The molecule has 4 heteroatoms. The number of ether oxygens (including phenoxy) is 1. The van der Waals surface area contributed by atoms with E-state index in [1.165, 1.54) is 0 Å². The van der Waals surface area contributed by atoms with Gasteiger partial charge in [-0.15, -0.1) is 0 Å². The van der Waals surface area contributed by atoms with Crippen molar-refractivity contribution in [1.82, 2.24) is 5.16 Å². The summed E-state index contributed by atoms with van der Waals surface area (Å²) >= 11 is 0. The number of hydrogen-bond acceptors (Lipinski definition) is 4. The lowest BCUT2D eigenvalue weighted by Gasteiger charge is -2.19. The smallest absolute Gasteiger partial charge is 0.165 e. The summed E-state index contributed by atoms with van der Waals surface area (Å²) in [6.45, 7) is 3.41. The van der Waals surface area contributed by atoms with Crippen molar-refractivity contribution in [2.75, 3.05) is 18.9 Å². The first kappa shape index (κ1) is 8.56. The number of aryl methyl sites for hydroxylation is 1. The van der Waals surface area contributed by atoms with Crippen LogP contribution in [-0.2, 0) is 4.74 Å². The van der Waals surface area contributed by atoms with Gasteiger partial charge in [-0.25, -0.2) is 0 Å². The van der Waals surface area contributed by atoms with Crippen LogP contribution in [0, 0.1) is 6.92 Å². The van der Waals surface area contributed by atoms with E-state index in [1.807, 2.05) is 6.92 Å². The Morgan fingerprint density at radius 3 is 2.92 bits per heavy atom. The van der Waals surface area contributed by atoms with Crippen molar-refractivity contribution >= 4 is 5.69 Å². The number of nitrogen functional groups attached to an aromatic ring is 1. The molecule has 1 fully saturated rings. The fourth-order valence-corrected chi connectivity index (χ4v) is 1.64. The van der Waals surface area contributed by atoms with E-state index in [9.17, 15) is 0 Å². The molecule has 0 spiro atoms. The van der Waals surface area contributed by atoms with Crippen LogP contribution in [0.15, 0.2) is 4.52 Å². The van der Waals surface area contributed by atoms with Gasteiger partial charge in [0.05, 0.1) is 12.3 Å². The maximum absolute atomic E-state index is 5.82. The molecule has 2 heterocycles. The van der Waals surface area contributed by atoms with Crippen LogP contribution in [0.25, 0.3) is 0 Å². The van der Waals surface area contributed by atoms with Gasteiger partial charge in [0, 0.05) is 12.5 Å². The van der Waals surface area contributed by atoms with E-state index in [1.54, 1.807) is 0 Å². The molecule has 4 nitrogen and oxygen atoms in total. The summed E-state index contributed by atoms with van der Waals surface area (Å²) in [6.07, 6.45) is 2.16. The third kappa shape index (κ3) is 1.54. The molecule has 0 bridgehead atoms. The number of nitrogens with two attached hydrogens (primary N) is 1. The van der Waals surface area contributed by atoms with Crippen molar-refractivity contribution < 1.29 is 9.26 Å². The molecular weight excluding hydrogens is 168 g/mol. The van der Waals surface area contributed by atoms with Gasteiger partial charge in [-0.05, 0) is 19.8 Å². The average Bonchev–Trinajstić information content (AvgIpc) is 2.49. The zero-order chi connectivity index (χ0) is 9.26. The molecule has 1 atom stereocenters. The highest BCUT2D eigenvalue weighted by Gasteiger charge is 2.23. The van der Waals surface area contributed by atoms with Gasteiger partial charge in [0.2, 0.25) is 0 Å². The molecule has 0 aromatic carbocycles. The summed E-state index contributed by atoms with van der Waals surface area (Å²) in [6, 6.07) is 0. The molecule has 2 rings (SSSR count). The Balaban J connectivity index is 2.18. The van der Waals surface area contributed by atoms with Gasteiger partial charge in [0.25, 0.3) is 0 Å². The Bertz CT molecular complexity index is 290. The van der Waals surface area contributed by atoms with Gasteiger partial charge in [-0.2, -0.15) is 0 Å². The summed E-state index contributed by atoms with van der Waals surface area (Å²) in [5, 5.41) is 3.84. The second kappa shape index (κ2) is 3.38. The van der Waals surface area contributed by atoms with Gasteiger partial charge in [-0.3, -0.25) is 0 Å². The zero-order valence-electron chi connectivity index (χ0n) is 7.75. The standard InChI is InChI=1S/C9H14N2O2/c1-6-8(10)9(13-11-6)7-3-2-4-12-5-7/h7H,2-5,10H2,1H3. The third-order valence-electron chi connectivity index (χ3n) is 2.47. The van der Waals surface area contributed by atoms with E-state index < -0.39 is 0 Å². The summed E-state index contributed by atoms with van der Waals surface area (Å²) in [4.78, 5) is 0. The van der Waals surface area contributed by atoms with Crippen LogP contribution in [-0.4, -0.2) is 18.4 Å². The third-order valence-corrected chi connectivity index (χ3v) is 2.47. The first-order valence-electron chi connectivity index (χ1n) is 4.58. The maximum atomic E-state index is 5.82. The number of rotatable bonds is 1. The molecule has 1 aromatic heterocycles. The van der Waals surface area contributed by atoms with E-state index in [-0.39, 0.29) is 0 Å². The minimum absolute atomic E-state index is 0.301. The van der Waals surface area contributed by atoms with Gasteiger partial charge in [-0.1, -0.05) is 5.16 Å². The van der Waals surface area contributed by atoms with Gasteiger partial charge in [0.15, 0.2) is 5.76 Å². The highest BCUT2D eigenvalue weighted by atomic mass is 16.5. The minimum Gasteiger partial charge on any atom is -0.394 e. The molecular formula is C9H14N2O2. The Hall–Kier alpha value is -1.03. The molecule has 0 radical (unpaired) electrons. The van der Waals surface area contributed by atoms with Crippen LogP contribution in [0.2, 0.25) is 0 Å². The van der Waals surface area contributed by atoms with Gasteiger partial charge < -0.3 is 15.0 Å². The predicted molar refractivity (Wildman–Crippen MR) is 48.4 cm³/mol. The van der Waals surface area contributed by atoms with E-state index in [2.05, 4.69) is 5.16 Å². The van der Waals surface area contributed by atoms with Gasteiger partial charge >= 0.3 is 0 Å². The molecule has 1 aliphatic rings. The van der Waals surface area contributed by atoms with Crippen LogP contribution in [0.5, 0.6) is 0 Å². The largest absolute Gasteiger partial charge is 0.394 e. The molecule has 1 unspecified atom stereocenters. The van der Waals surface area contributed by atoms with E-state index in [4.69, 9.17) is 15.0 Å². The quantitative estimate of drug-likeness (QED) is 0.714. The summed E-state index contributed by atoms with van der Waals surface area (Å²) in [5.41, 5.74) is 7.29.